The molecule has 1 aromatic carbocycles. The molecule has 1 unspecified atom stereocenters. The smallest absolute Gasteiger partial charge is 0.333 e. The van der Waals surface area contributed by atoms with E-state index < -0.39 is 12.0 Å². The minimum atomic E-state index is -0.854. The first-order valence-electron chi connectivity index (χ1n) is 7.34. The Morgan fingerprint density at radius 2 is 2.00 bits per heavy atom. The lowest BCUT2D eigenvalue weighted by Gasteiger charge is -2.16. The van der Waals surface area contributed by atoms with Crippen molar-refractivity contribution in [1.29, 1.82) is 0 Å². The quantitative estimate of drug-likeness (QED) is 0.860. The molecule has 0 fully saturated rings. The monoisotopic (exact) mass is 312 g/mol. The first-order valence-corrected chi connectivity index (χ1v) is 7.34. The SMILES string of the molecule is COC(=O)C(NC(=O)Cc1ccc(C)c(C)c1)c1cccnc1. The molecule has 0 aliphatic rings. The van der Waals surface area contributed by atoms with Crippen molar-refractivity contribution in [2.24, 2.45) is 0 Å². The van der Waals surface area contributed by atoms with Gasteiger partial charge >= 0.3 is 5.97 Å². The van der Waals surface area contributed by atoms with Crippen molar-refractivity contribution in [3.63, 3.8) is 0 Å². The van der Waals surface area contributed by atoms with Crippen LogP contribution in [0.4, 0.5) is 0 Å². The molecule has 0 aliphatic heterocycles. The molecule has 5 nitrogen and oxygen atoms in total. The minimum Gasteiger partial charge on any atom is -0.467 e. The summed E-state index contributed by atoms with van der Waals surface area (Å²) in [5.74, 6) is -0.765. The van der Waals surface area contributed by atoms with E-state index >= 15 is 0 Å². The summed E-state index contributed by atoms with van der Waals surface area (Å²) in [6, 6.07) is 8.46. The fourth-order valence-electron chi connectivity index (χ4n) is 2.25. The molecular formula is C18H20N2O3. The van der Waals surface area contributed by atoms with Gasteiger partial charge in [0.2, 0.25) is 5.91 Å². The molecule has 0 radical (unpaired) electrons. The molecule has 1 N–H and O–H groups in total. The standard InChI is InChI=1S/C18H20N2O3/c1-12-6-7-14(9-13(12)2)10-16(21)20-17(18(22)23-3)15-5-4-8-19-11-15/h4-9,11,17H,10H2,1-3H3,(H,20,21). The first kappa shape index (κ1) is 16.7. The van der Waals surface area contributed by atoms with E-state index in [4.69, 9.17) is 4.74 Å². The largest absolute Gasteiger partial charge is 0.467 e. The number of esters is 1. The number of hydrogen-bond acceptors (Lipinski definition) is 4. The molecule has 23 heavy (non-hydrogen) atoms. The second-order valence-electron chi connectivity index (χ2n) is 5.41. The third-order valence-electron chi connectivity index (χ3n) is 3.70. The highest BCUT2D eigenvalue weighted by Crippen LogP contribution is 2.14. The number of aromatic nitrogens is 1. The van der Waals surface area contributed by atoms with E-state index in [1.807, 2.05) is 32.0 Å². The number of rotatable bonds is 5. The number of hydrogen-bond donors (Lipinski definition) is 1. The molecule has 0 bridgehead atoms. The fourth-order valence-corrected chi connectivity index (χ4v) is 2.25. The lowest BCUT2D eigenvalue weighted by Crippen LogP contribution is -2.35. The molecular weight excluding hydrogens is 292 g/mol. The number of methoxy groups -OCH3 is 1. The Kier molecular flexibility index (Phi) is 5.46. The van der Waals surface area contributed by atoms with Crippen molar-refractivity contribution in [3.8, 4) is 0 Å². The van der Waals surface area contributed by atoms with E-state index in [1.54, 1.807) is 18.3 Å². The summed E-state index contributed by atoms with van der Waals surface area (Å²) in [6.45, 7) is 4.03. The Morgan fingerprint density at radius 1 is 1.22 bits per heavy atom. The van der Waals surface area contributed by atoms with E-state index in [0.29, 0.717) is 5.56 Å². The van der Waals surface area contributed by atoms with E-state index in [9.17, 15) is 9.59 Å². The summed E-state index contributed by atoms with van der Waals surface area (Å²) in [5, 5.41) is 2.71. The highest BCUT2D eigenvalue weighted by molar-refractivity contribution is 5.86. The van der Waals surface area contributed by atoms with Gasteiger partial charge in [-0.05, 0) is 36.6 Å². The van der Waals surface area contributed by atoms with Crippen LogP contribution in [0.15, 0.2) is 42.7 Å². The zero-order valence-electron chi connectivity index (χ0n) is 13.5. The van der Waals surface area contributed by atoms with Gasteiger partial charge in [-0.25, -0.2) is 4.79 Å². The van der Waals surface area contributed by atoms with Crippen molar-refractivity contribution < 1.29 is 14.3 Å². The first-order chi connectivity index (χ1) is 11.0. The topological polar surface area (TPSA) is 68.3 Å². The van der Waals surface area contributed by atoms with Gasteiger partial charge in [-0.1, -0.05) is 24.3 Å². The normalized spacial score (nSPS) is 11.6. The van der Waals surface area contributed by atoms with Crippen LogP contribution in [0.5, 0.6) is 0 Å². The number of amides is 1. The molecule has 0 aliphatic carbocycles. The summed E-state index contributed by atoms with van der Waals surface area (Å²) in [5.41, 5.74) is 3.80. The van der Waals surface area contributed by atoms with Crippen LogP contribution in [0, 0.1) is 13.8 Å². The molecule has 2 rings (SSSR count). The van der Waals surface area contributed by atoms with Gasteiger partial charge in [0.1, 0.15) is 0 Å². The molecule has 0 saturated carbocycles. The number of ether oxygens (including phenoxy) is 1. The van der Waals surface area contributed by atoms with E-state index in [0.717, 1.165) is 11.1 Å². The summed E-state index contributed by atoms with van der Waals surface area (Å²) < 4.78 is 4.77. The summed E-state index contributed by atoms with van der Waals surface area (Å²) in [4.78, 5) is 28.2. The highest BCUT2D eigenvalue weighted by Gasteiger charge is 2.23. The fraction of sp³-hybridized carbons (Fsp3) is 0.278. The van der Waals surface area contributed by atoms with E-state index in [1.165, 1.54) is 18.9 Å². The van der Waals surface area contributed by atoms with Crippen molar-refractivity contribution in [1.82, 2.24) is 10.3 Å². The van der Waals surface area contributed by atoms with Crippen LogP contribution in [-0.4, -0.2) is 24.0 Å². The lowest BCUT2D eigenvalue weighted by atomic mass is 10.0. The van der Waals surface area contributed by atoms with Crippen molar-refractivity contribution in [2.75, 3.05) is 7.11 Å². The van der Waals surface area contributed by atoms with Crippen LogP contribution >= 0.6 is 0 Å². The zero-order chi connectivity index (χ0) is 16.8. The molecule has 1 amide bonds. The van der Waals surface area contributed by atoms with Crippen molar-refractivity contribution in [3.05, 3.63) is 65.0 Å². The number of pyridine rings is 1. The summed E-state index contributed by atoms with van der Waals surface area (Å²) in [7, 11) is 1.29. The van der Waals surface area contributed by atoms with Crippen LogP contribution in [-0.2, 0) is 20.7 Å². The van der Waals surface area contributed by atoms with Crippen LogP contribution < -0.4 is 5.32 Å². The van der Waals surface area contributed by atoms with Crippen LogP contribution in [0.25, 0.3) is 0 Å². The van der Waals surface area contributed by atoms with Crippen molar-refractivity contribution >= 4 is 11.9 Å². The predicted octanol–water partition coefficient (Wildman–Crippen LogP) is 2.27. The second-order valence-corrected chi connectivity index (χ2v) is 5.41. The molecule has 0 saturated heterocycles. The van der Waals surface area contributed by atoms with Crippen LogP contribution in [0.1, 0.15) is 28.3 Å². The molecule has 1 heterocycles. The van der Waals surface area contributed by atoms with Gasteiger partial charge in [0.15, 0.2) is 6.04 Å². The molecule has 0 spiro atoms. The average Bonchev–Trinajstić information content (AvgIpc) is 2.56. The molecule has 120 valence electrons. The van der Waals surface area contributed by atoms with Gasteiger partial charge in [0.05, 0.1) is 13.5 Å². The van der Waals surface area contributed by atoms with Gasteiger partial charge in [-0.15, -0.1) is 0 Å². The Morgan fingerprint density at radius 3 is 2.61 bits per heavy atom. The van der Waals surface area contributed by atoms with Gasteiger partial charge in [0, 0.05) is 18.0 Å². The summed E-state index contributed by atoms with van der Waals surface area (Å²) in [6.07, 6.45) is 3.35. The molecule has 1 atom stereocenters. The van der Waals surface area contributed by atoms with Crippen molar-refractivity contribution in [2.45, 2.75) is 26.3 Å². The van der Waals surface area contributed by atoms with Crippen LogP contribution in [0.2, 0.25) is 0 Å². The predicted molar refractivity (Wildman–Crippen MR) is 86.8 cm³/mol. The highest BCUT2D eigenvalue weighted by atomic mass is 16.5. The minimum absolute atomic E-state index is 0.203. The number of nitrogens with zero attached hydrogens (tertiary/aromatic N) is 1. The van der Waals surface area contributed by atoms with Gasteiger partial charge < -0.3 is 10.1 Å². The van der Waals surface area contributed by atoms with E-state index in [-0.39, 0.29) is 12.3 Å². The molecule has 2 aromatic rings. The van der Waals surface area contributed by atoms with Gasteiger partial charge in [-0.2, -0.15) is 0 Å². The Hall–Kier alpha value is -2.69. The maximum Gasteiger partial charge on any atom is 0.333 e. The Labute approximate surface area is 135 Å². The number of aryl methyl sites for hydroxylation is 2. The number of carbonyl (C=O) groups is 2. The number of carbonyl (C=O) groups excluding carboxylic acids is 2. The zero-order valence-corrected chi connectivity index (χ0v) is 13.5. The second kappa shape index (κ2) is 7.54. The maximum absolute atomic E-state index is 12.3. The third-order valence-corrected chi connectivity index (χ3v) is 3.70. The Bertz CT molecular complexity index is 699. The van der Waals surface area contributed by atoms with Gasteiger partial charge in [-0.3, -0.25) is 9.78 Å². The average molecular weight is 312 g/mol. The lowest BCUT2D eigenvalue weighted by molar-refractivity contribution is -0.145. The Balaban J connectivity index is 2.11. The maximum atomic E-state index is 12.3. The van der Waals surface area contributed by atoms with Gasteiger partial charge in [0.25, 0.3) is 0 Å². The molecule has 5 heteroatoms. The summed E-state index contributed by atoms with van der Waals surface area (Å²) >= 11 is 0. The van der Waals surface area contributed by atoms with Crippen LogP contribution in [0.3, 0.4) is 0 Å². The molecule has 1 aromatic heterocycles. The number of benzene rings is 1. The number of nitrogens with one attached hydrogen (secondary N) is 1. The van der Waals surface area contributed by atoms with E-state index in [2.05, 4.69) is 10.3 Å². The third kappa shape index (κ3) is 4.39.